The molecule has 3 rings (SSSR count). The summed E-state index contributed by atoms with van der Waals surface area (Å²) in [4.78, 5) is 25.0. The molecule has 1 fully saturated rings. The fourth-order valence-corrected chi connectivity index (χ4v) is 3.98. The SMILES string of the molecule is Cn1c(C(F)(F)F)cc(=O)n(-c2cc(OC3CCCC3)c(C#C[Si](C)(C)C)cc2F)c1=O. The maximum absolute atomic E-state index is 15.0. The van der Waals surface area contributed by atoms with Crippen molar-refractivity contribution in [2.45, 2.75) is 57.6 Å². The van der Waals surface area contributed by atoms with E-state index in [-0.39, 0.29) is 28.1 Å². The Balaban J connectivity index is 2.21. The summed E-state index contributed by atoms with van der Waals surface area (Å²) in [6.45, 7) is 6.06. The molecular formula is C22H24F4N2O3Si. The molecule has 0 bridgehead atoms. The lowest BCUT2D eigenvalue weighted by atomic mass is 10.1. The van der Waals surface area contributed by atoms with Crippen molar-refractivity contribution in [3.63, 3.8) is 0 Å². The average Bonchev–Trinajstić information content (AvgIpc) is 3.17. The second-order valence-corrected chi connectivity index (χ2v) is 13.6. The van der Waals surface area contributed by atoms with E-state index in [0.717, 1.165) is 38.8 Å². The molecule has 0 spiro atoms. The van der Waals surface area contributed by atoms with Crippen molar-refractivity contribution < 1.29 is 22.3 Å². The highest BCUT2D eigenvalue weighted by Crippen LogP contribution is 2.30. The third kappa shape index (κ3) is 5.15. The summed E-state index contributed by atoms with van der Waals surface area (Å²) in [5, 5.41) is 0. The van der Waals surface area contributed by atoms with Crippen LogP contribution in [0.15, 0.2) is 27.8 Å². The van der Waals surface area contributed by atoms with Gasteiger partial charge in [0, 0.05) is 19.2 Å². The van der Waals surface area contributed by atoms with Gasteiger partial charge in [-0.15, -0.1) is 5.54 Å². The van der Waals surface area contributed by atoms with E-state index in [4.69, 9.17) is 4.74 Å². The second kappa shape index (κ2) is 8.62. The van der Waals surface area contributed by atoms with Gasteiger partial charge in [0.2, 0.25) is 0 Å². The Morgan fingerprint density at radius 2 is 1.72 bits per heavy atom. The highest BCUT2D eigenvalue weighted by molar-refractivity contribution is 6.83. The molecule has 1 heterocycles. The molecule has 172 valence electrons. The van der Waals surface area contributed by atoms with E-state index in [2.05, 4.69) is 11.5 Å². The summed E-state index contributed by atoms with van der Waals surface area (Å²) in [6, 6.07) is 2.52. The normalized spacial score (nSPS) is 14.9. The van der Waals surface area contributed by atoms with Gasteiger partial charge in [0.1, 0.15) is 25.3 Å². The van der Waals surface area contributed by atoms with Crippen LogP contribution in [-0.4, -0.2) is 23.3 Å². The average molecular weight is 469 g/mol. The van der Waals surface area contributed by atoms with E-state index < -0.39 is 42.7 Å². The van der Waals surface area contributed by atoms with Crippen LogP contribution in [0.4, 0.5) is 17.6 Å². The van der Waals surface area contributed by atoms with Crippen LogP contribution >= 0.6 is 0 Å². The summed E-state index contributed by atoms with van der Waals surface area (Å²) in [6.07, 6.45) is -1.46. The van der Waals surface area contributed by atoms with Crippen LogP contribution in [0.2, 0.25) is 19.6 Å². The van der Waals surface area contributed by atoms with Crippen molar-refractivity contribution in [1.29, 1.82) is 0 Å². The number of rotatable bonds is 3. The summed E-state index contributed by atoms with van der Waals surface area (Å²) in [5.41, 5.74) is -1.08. The topological polar surface area (TPSA) is 53.2 Å². The summed E-state index contributed by atoms with van der Waals surface area (Å²) in [7, 11) is -0.928. The van der Waals surface area contributed by atoms with Crippen molar-refractivity contribution in [3.05, 3.63) is 56.1 Å². The Morgan fingerprint density at radius 3 is 2.28 bits per heavy atom. The van der Waals surface area contributed by atoms with Crippen LogP contribution in [-0.2, 0) is 13.2 Å². The minimum atomic E-state index is -4.91. The Kier molecular flexibility index (Phi) is 6.42. The molecule has 0 N–H and O–H groups in total. The number of alkyl halides is 3. The standard InChI is InChI=1S/C22H24F4N2O3Si/c1-27-19(22(24,25)26)13-20(29)28(21(27)30)17-12-18(31-15-7-5-6-8-15)14(11-16(17)23)9-10-32(2,3)4/h11-13,15H,5-8H2,1-4H3. The number of hydrogen-bond donors (Lipinski definition) is 0. The molecule has 0 atom stereocenters. The van der Waals surface area contributed by atoms with Crippen molar-refractivity contribution in [3.8, 4) is 22.9 Å². The van der Waals surface area contributed by atoms with E-state index in [9.17, 15) is 22.8 Å². The predicted molar refractivity (Wildman–Crippen MR) is 115 cm³/mol. The summed E-state index contributed by atoms with van der Waals surface area (Å²) in [5.74, 6) is 2.19. The van der Waals surface area contributed by atoms with Gasteiger partial charge in [0.15, 0.2) is 0 Å². The van der Waals surface area contributed by atoms with Crippen LogP contribution < -0.4 is 16.0 Å². The van der Waals surface area contributed by atoms with Gasteiger partial charge in [-0.05, 0) is 31.7 Å². The van der Waals surface area contributed by atoms with Crippen LogP contribution in [0, 0.1) is 17.3 Å². The first kappa shape index (κ1) is 23.9. The molecule has 1 aromatic carbocycles. The zero-order chi connectivity index (χ0) is 23.8. The molecule has 1 aliphatic carbocycles. The van der Waals surface area contributed by atoms with Gasteiger partial charge in [-0.2, -0.15) is 13.2 Å². The first-order valence-electron chi connectivity index (χ1n) is 10.2. The predicted octanol–water partition coefficient (Wildman–Crippen LogP) is 4.24. The summed E-state index contributed by atoms with van der Waals surface area (Å²) < 4.78 is 61.1. The highest BCUT2D eigenvalue weighted by atomic mass is 28.3. The molecule has 2 aromatic rings. The third-order valence-electron chi connectivity index (χ3n) is 5.07. The van der Waals surface area contributed by atoms with Crippen LogP contribution in [0.1, 0.15) is 36.9 Å². The van der Waals surface area contributed by atoms with Gasteiger partial charge >= 0.3 is 11.9 Å². The fraction of sp³-hybridized carbons (Fsp3) is 0.455. The minimum Gasteiger partial charge on any atom is -0.489 e. The lowest BCUT2D eigenvalue weighted by Gasteiger charge is -2.18. The van der Waals surface area contributed by atoms with Gasteiger partial charge in [0.25, 0.3) is 5.56 Å². The molecule has 0 unspecified atom stereocenters. The van der Waals surface area contributed by atoms with E-state index in [1.807, 2.05) is 19.6 Å². The molecule has 5 nitrogen and oxygen atoms in total. The minimum absolute atomic E-state index is 0.118. The van der Waals surface area contributed by atoms with Gasteiger partial charge < -0.3 is 4.74 Å². The highest BCUT2D eigenvalue weighted by Gasteiger charge is 2.35. The van der Waals surface area contributed by atoms with Crippen LogP contribution in [0.3, 0.4) is 0 Å². The first-order chi connectivity index (χ1) is 14.8. The fourth-order valence-electron chi connectivity index (χ4n) is 3.47. The quantitative estimate of drug-likeness (QED) is 0.385. The third-order valence-corrected chi connectivity index (χ3v) is 5.94. The van der Waals surface area contributed by atoms with Gasteiger partial charge in [0.05, 0.1) is 17.4 Å². The smallest absolute Gasteiger partial charge is 0.431 e. The molecule has 1 aliphatic rings. The summed E-state index contributed by atoms with van der Waals surface area (Å²) >= 11 is 0. The largest absolute Gasteiger partial charge is 0.489 e. The molecule has 0 amide bonds. The van der Waals surface area contributed by atoms with E-state index in [1.54, 1.807) is 0 Å². The molecule has 0 radical (unpaired) electrons. The maximum atomic E-state index is 15.0. The number of nitrogens with zero attached hydrogens (tertiary/aromatic N) is 2. The molecule has 10 heteroatoms. The zero-order valence-electron chi connectivity index (χ0n) is 18.3. The van der Waals surface area contributed by atoms with E-state index in [0.29, 0.717) is 4.57 Å². The van der Waals surface area contributed by atoms with Crippen LogP contribution in [0.5, 0.6) is 5.75 Å². The first-order valence-corrected chi connectivity index (χ1v) is 13.7. The Labute approximate surface area is 183 Å². The van der Waals surface area contributed by atoms with Gasteiger partial charge in [-0.3, -0.25) is 9.36 Å². The Bertz CT molecular complexity index is 1210. The second-order valence-electron chi connectivity index (χ2n) is 8.87. The van der Waals surface area contributed by atoms with Crippen molar-refractivity contribution in [2.75, 3.05) is 0 Å². The number of aromatic nitrogens is 2. The lowest BCUT2D eigenvalue weighted by molar-refractivity contribution is -0.144. The molecule has 1 saturated carbocycles. The van der Waals surface area contributed by atoms with E-state index >= 15 is 4.39 Å². The lowest BCUT2D eigenvalue weighted by Crippen LogP contribution is -2.41. The monoisotopic (exact) mass is 468 g/mol. The molecule has 0 saturated heterocycles. The van der Waals surface area contributed by atoms with Gasteiger partial charge in [-0.25, -0.2) is 13.8 Å². The Morgan fingerprint density at radius 1 is 1.09 bits per heavy atom. The zero-order valence-corrected chi connectivity index (χ0v) is 19.3. The van der Waals surface area contributed by atoms with E-state index in [1.165, 1.54) is 6.07 Å². The Hall–Kier alpha value is -2.80. The van der Waals surface area contributed by atoms with Crippen LogP contribution in [0.25, 0.3) is 5.69 Å². The number of hydrogen-bond acceptors (Lipinski definition) is 3. The van der Waals surface area contributed by atoms with Crippen molar-refractivity contribution in [1.82, 2.24) is 9.13 Å². The number of benzene rings is 1. The molecule has 32 heavy (non-hydrogen) atoms. The number of ether oxygens (including phenoxy) is 1. The molecule has 0 aliphatic heterocycles. The molecule has 1 aromatic heterocycles. The van der Waals surface area contributed by atoms with Crippen molar-refractivity contribution in [2.24, 2.45) is 7.05 Å². The van der Waals surface area contributed by atoms with Crippen molar-refractivity contribution >= 4 is 8.07 Å². The number of halogens is 4. The molecular weight excluding hydrogens is 444 g/mol. The maximum Gasteiger partial charge on any atom is 0.431 e. The van der Waals surface area contributed by atoms with Gasteiger partial charge in [-0.1, -0.05) is 25.6 Å².